The van der Waals surface area contributed by atoms with Crippen molar-refractivity contribution in [3.05, 3.63) is 45.3 Å². The van der Waals surface area contributed by atoms with Crippen molar-refractivity contribution in [3.8, 4) is 0 Å². The van der Waals surface area contributed by atoms with Gasteiger partial charge in [0, 0.05) is 13.6 Å². The van der Waals surface area contributed by atoms with E-state index in [1.807, 2.05) is 13.0 Å². The van der Waals surface area contributed by atoms with Gasteiger partial charge in [0.05, 0.1) is 22.7 Å². The predicted molar refractivity (Wildman–Crippen MR) is 113 cm³/mol. The molecule has 0 aliphatic rings. The standard InChI is InChI=1S/C19H22ClN5O2S/c1-4-5-8-25-18(27)17-15(10-24(3)23-17)22-19(25)28-11-16(26)21-14-7-6-12(2)9-13(14)20/h6-7,9-10H,4-5,8,11H2,1-3H3,(H,21,26). The lowest BCUT2D eigenvalue weighted by Crippen LogP contribution is -2.24. The number of halogens is 1. The van der Waals surface area contributed by atoms with E-state index in [2.05, 4.69) is 22.3 Å². The second-order valence-electron chi connectivity index (χ2n) is 6.56. The molecule has 1 aromatic carbocycles. The molecule has 3 aromatic rings. The molecule has 0 spiro atoms. The molecule has 0 aliphatic carbocycles. The summed E-state index contributed by atoms with van der Waals surface area (Å²) >= 11 is 7.40. The maximum Gasteiger partial charge on any atom is 0.282 e. The van der Waals surface area contributed by atoms with E-state index in [-0.39, 0.29) is 17.2 Å². The van der Waals surface area contributed by atoms with Crippen LogP contribution in [-0.4, -0.2) is 31.0 Å². The van der Waals surface area contributed by atoms with Crippen molar-refractivity contribution in [3.63, 3.8) is 0 Å². The number of aryl methyl sites for hydroxylation is 2. The first-order valence-corrected chi connectivity index (χ1v) is 10.4. The quantitative estimate of drug-likeness (QED) is 0.467. The molecule has 148 valence electrons. The summed E-state index contributed by atoms with van der Waals surface area (Å²) in [5, 5.41) is 8.02. The van der Waals surface area contributed by atoms with Crippen LogP contribution in [0.4, 0.5) is 5.69 Å². The number of thioether (sulfide) groups is 1. The molecule has 0 fully saturated rings. The fourth-order valence-electron chi connectivity index (χ4n) is 2.75. The van der Waals surface area contributed by atoms with Crippen molar-refractivity contribution < 1.29 is 4.79 Å². The van der Waals surface area contributed by atoms with E-state index >= 15 is 0 Å². The predicted octanol–water partition coefficient (Wildman–Crippen LogP) is 3.62. The molecule has 0 aliphatic heterocycles. The molecule has 0 saturated heterocycles. The zero-order valence-corrected chi connectivity index (χ0v) is 17.6. The highest BCUT2D eigenvalue weighted by molar-refractivity contribution is 7.99. The molecular weight excluding hydrogens is 398 g/mol. The normalized spacial score (nSPS) is 11.1. The summed E-state index contributed by atoms with van der Waals surface area (Å²) < 4.78 is 3.18. The van der Waals surface area contributed by atoms with Gasteiger partial charge in [0.1, 0.15) is 5.52 Å². The van der Waals surface area contributed by atoms with Crippen LogP contribution in [0.3, 0.4) is 0 Å². The number of aromatic nitrogens is 4. The topological polar surface area (TPSA) is 81.8 Å². The molecule has 28 heavy (non-hydrogen) atoms. The number of hydrogen-bond donors (Lipinski definition) is 1. The van der Waals surface area contributed by atoms with Gasteiger partial charge in [-0.1, -0.05) is 42.8 Å². The van der Waals surface area contributed by atoms with Gasteiger partial charge < -0.3 is 5.32 Å². The third kappa shape index (κ3) is 4.56. The molecule has 2 heterocycles. The SMILES string of the molecule is CCCCn1c(SCC(=O)Nc2ccc(C)cc2Cl)nc2cn(C)nc2c1=O. The van der Waals surface area contributed by atoms with Gasteiger partial charge in [0.2, 0.25) is 5.91 Å². The van der Waals surface area contributed by atoms with Crippen molar-refractivity contribution in [2.24, 2.45) is 7.05 Å². The van der Waals surface area contributed by atoms with Crippen molar-refractivity contribution in [1.29, 1.82) is 0 Å². The van der Waals surface area contributed by atoms with Gasteiger partial charge in [-0.15, -0.1) is 0 Å². The fraction of sp³-hybridized carbons (Fsp3) is 0.368. The monoisotopic (exact) mass is 419 g/mol. The van der Waals surface area contributed by atoms with Gasteiger partial charge in [-0.25, -0.2) is 4.98 Å². The Bertz CT molecular complexity index is 1080. The molecule has 0 atom stereocenters. The third-order valence-corrected chi connectivity index (χ3v) is 5.46. The highest BCUT2D eigenvalue weighted by atomic mass is 35.5. The summed E-state index contributed by atoms with van der Waals surface area (Å²) in [6.07, 6.45) is 3.50. The van der Waals surface area contributed by atoms with E-state index in [9.17, 15) is 9.59 Å². The Labute approximate surface area is 172 Å². The van der Waals surface area contributed by atoms with Crippen LogP contribution >= 0.6 is 23.4 Å². The van der Waals surface area contributed by atoms with Crippen LogP contribution in [0, 0.1) is 6.92 Å². The van der Waals surface area contributed by atoms with Gasteiger partial charge in [-0.05, 0) is 31.0 Å². The average Bonchev–Trinajstić information content (AvgIpc) is 3.02. The number of carbonyl (C=O) groups excluding carboxylic acids is 1. The number of carbonyl (C=O) groups is 1. The lowest BCUT2D eigenvalue weighted by Gasteiger charge is -2.11. The molecule has 9 heteroatoms. The number of fused-ring (bicyclic) bond motifs is 1. The first-order valence-electron chi connectivity index (χ1n) is 9.02. The van der Waals surface area contributed by atoms with Crippen LogP contribution in [0.2, 0.25) is 5.02 Å². The maximum atomic E-state index is 12.8. The number of nitrogens with zero attached hydrogens (tertiary/aromatic N) is 4. The Morgan fingerprint density at radius 3 is 2.86 bits per heavy atom. The number of rotatable bonds is 7. The van der Waals surface area contributed by atoms with Crippen LogP contribution in [0.25, 0.3) is 11.0 Å². The van der Waals surface area contributed by atoms with Crippen molar-refractivity contribution in [2.75, 3.05) is 11.1 Å². The van der Waals surface area contributed by atoms with Crippen LogP contribution in [-0.2, 0) is 18.4 Å². The minimum absolute atomic E-state index is 0.120. The third-order valence-electron chi connectivity index (χ3n) is 4.17. The van der Waals surface area contributed by atoms with Crippen LogP contribution in [0.1, 0.15) is 25.3 Å². The Morgan fingerprint density at radius 1 is 1.36 bits per heavy atom. The summed E-state index contributed by atoms with van der Waals surface area (Å²) in [7, 11) is 1.75. The molecule has 0 bridgehead atoms. The molecule has 1 N–H and O–H groups in total. The van der Waals surface area contributed by atoms with Crippen LogP contribution in [0.15, 0.2) is 34.3 Å². The Kier molecular flexibility index (Phi) is 6.41. The Balaban J connectivity index is 1.80. The summed E-state index contributed by atoms with van der Waals surface area (Å²) in [6.45, 7) is 4.54. The van der Waals surface area contributed by atoms with E-state index in [0.29, 0.717) is 33.4 Å². The number of nitrogens with one attached hydrogen (secondary N) is 1. The van der Waals surface area contributed by atoms with Crippen molar-refractivity contribution in [2.45, 2.75) is 38.4 Å². The highest BCUT2D eigenvalue weighted by Gasteiger charge is 2.16. The number of unbranched alkanes of at least 4 members (excludes halogenated alkanes) is 1. The number of amides is 1. The summed E-state index contributed by atoms with van der Waals surface area (Å²) in [6, 6.07) is 5.46. The summed E-state index contributed by atoms with van der Waals surface area (Å²) in [4.78, 5) is 29.7. The van der Waals surface area contributed by atoms with Gasteiger partial charge in [0.25, 0.3) is 5.56 Å². The molecule has 1 amide bonds. The second-order valence-corrected chi connectivity index (χ2v) is 7.91. The number of hydrogen-bond acceptors (Lipinski definition) is 5. The lowest BCUT2D eigenvalue weighted by molar-refractivity contribution is -0.113. The van der Waals surface area contributed by atoms with Gasteiger partial charge in [-0.2, -0.15) is 5.10 Å². The fourth-order valence-corrected chi connectivity index (χ4v) is 3.86. The maximum absolute atomic E-state index is 12.8. The molecule has 0 unspecified atom stereocenters. The van der Waals surface area contributed by atoms with Gasteiger partial charge in [-0.3, -0.25) is 18.8 Å². The molecule has 0 radical (unpaired) electrons. The number of benzene rings is 1. The molecular formula is C19H22ClN5O2S. The average molecular weight is 420 g/mol. The van der Waals surface area contributed by atoms with Gasteiger partial charge in [0.15, 0.2) is 10.7 Å². The first-order chi connectivity index (χ1) is 13.4. The van der Waals surface area contributed by atoms with E-state index < -0.39 is 0 Å². The zero-order chi connectivity index (χ0) is 20.3. The Morgan fingerprint density at radius 2 is 2.14 bits per heavy atom. The van der Waals surface area contributed by atoms with Crippen LogP contribution < -0.4 is 10.9 Å². The zero-order valence-electron chi connectivity index (χ0n) is 16.0. The minimum atomic E-state index is -0.210. The summed E-state index contributed by atoms with van der Waals surface area (Å²) in [5.74, 6) is -0.0903. The molecule has 3 rings (SSSR count). The summed E-state index contributed by atoms with van der Waals surface area (Å²) in [5.41, 5.74) is 2.29. The van der Waals surface area contributed by atoms with Crippen molar-refractivity contribution >= 4 is 46.0 Å². The smallest absolute Gasteiger partial charge is 0.282 e. The van der Waals surface area contributed by atoms with E-state index in [1.165, 1.54) is 11.8 Å². The van der Waals surface area contributed by atoms with Gasteiger partial charge >= 0.3 is 0 Å². The minimum Gasteiger partial charge on any atom is -0.324 e. The second kappa shape index (κ2) is 8.79. The largest absolute Gasteiger partial charge is 0.324 e. The van der Waals surface area contributed by atoms with Crippen LogP contribution in [0.5, 0.6) is 0 Å². The van der Waals surface area contributed by atoms with E-state index in [1.54, 1.807) is 34.6 Å². The lowest BCUT2D eigenvalue weighted by atomic mass is 10.2. The molecule has 2 aromatic heterocycles. The van der Waals surface area contributed by atoms with E-state index in [4.69, 9.17) is 11.6 Å². The molecule has 7 nitrogen and oxygen atoms in total. The highest BCUT2D eigenvalue weighted by Crippen LogP contribution is 2.24. The van der Waals surface area contributed by atoms with E-state index in [0.717, 1.165) is 18.4 Å². The molecule has 0 saturated carbocycles. The Hall–Kier alpha value is -2.32. The first kappa shape index (κ1) is 20.4. The van der Waals surface area contributed by atoms with Crippen molar-refractivity contribution in [1.82, 2.24) is 19.3 Å². The number of anilines is 1.